The number of thiazole rings is 1. The zero-order chi connectivity index (χ0) is 14.6. The molecule has 108 valence electrons. The second-order valence-electron chi connectivity index (χ2n) is 4.27. The van der Waals surface area contributed by atoms with Crippen LogP contribution in [0, 0.1) is 6.92 Å². The maximum absolute atomic E-state index is 12.1. The fraction of sp³-hybridized carbons (Fsp3) is 0.600. The van der Waals surface area contributed by atoms with E-state index in [0.29, 0.717) is 18.8 Å². The predicted octanol–water partition coefficient (Wildman–Crippen LogP) is 0.250. The highest BCUT2D eigenvalue weighted by Crippen LogP contribution is 2.26. The van der Waals surface area contributed by atoms with E-state index in [1.165, 1.54) is 6.92 Å². The average Bonchev–Trinajstić information content (AvgIpc) is 2.58. The van der Waals surface area contributed by atoms with Crippen molar-refractivity contribution in [1.82, 2.24) is 14.6 Å². The number of aryl methyl sites for hydroxylation is 1. The van der Waals surface area contributed by atoms with E-state index in [0.717, 1.165) is 11.3 Å². The largest absolute Gasteiger partial charge is 0.308 e. The summed E-state index contributed by atoms with van der Waals surface area (Å²) < 4.78 is 26.8. The fourth-order valence-corrected chi connectivity index (χ4v) is 3.83. The van der Waals surface area contributed by atoms with Crippen LogP contribution in [-0.4, -0.2) is 51.4 Å². The number of hydrogen-bond donors (Lipinski definition) is 2. The number of aromatic nitrogens is 1. The number of likely N-dealkylation sites (N-methyl/N-ethyl adjacent to an activating group) is 1. The van der Waals surface area contributed by atoms with E-state index >= 15 is 0 Å². The van der Waals surface area contributed by atoms with Crippen LogP contribution in [0.4, 0.5) is 5.13 Å². The summed E-state index contributed by atoms with van der Waals surface area (Å²) in [5.41, 5.74) is 0.381. The summed E-state index contributed by atoms with van der Waals surface area (Å²) in [7, 11) is 0.151. The van der Waals surface area contributed by atoms with Crippen LogP contribution in [0.5, 0.6) is 0 Å². The molecule has 1 rings (SSSR count). The summed E-state index contributed by atoms with van der Waals surface area (Å²) in [5.74, 6) is -0.279. The fourth-order valence-electron chi connectivity index (χ4n) is 1.30. The third-order valence-electron chi connectivity index (χ3n) is 2.13. The third kappa shape index (κ3) is 4.86. The molecule has 1 amide bonds. The van der Waals surface area contributed by atoms with Crippen LogP contribution in [0.15, 0.2) is 4.21 Å². The molecule has 1 aromatic heterocycles. The Labute approximate surface area is 117 Å². The molecule has 1 heterocycles. The van der Waals surface area contributed by atoms with Crippen molar-refractivity contribution in [2.24, 2.45) is 0 Å². The number of anilines is 1. The van der Waals surface area contributed by atoms with Gasteiger partial charge in [-0.25, -0.2) is 18.1 Å². The van der Waals surface area contributed by atoms with Crippen molar-refractivity contribution in [2.45, 2.75) is 18.1 Å². The van der Waals surface area contributed by atoms with Gasteiger partial charge in [0.15, 0.2) is 9.34 Å². The van der Waals surface area contributed by atoms with Gasteiger partial charge in [0.25, 0.3) is 10.0 Å². The molecule has 0 aliphatic rings. The molecule has 0 saturated carbocycles. The van der Waals surface area contributed by atoms with Crippen molar-refractivity contribution >= 4 is 32.4 Å². The van der Waals surface area contributed by atoms with Crippen molar-refractivity contribution in [3.63, 3.8) is 0 Å². The van der Waals surface area contributed by atoms with Gasteiger partial charge in [-0.2, -0.15) is 0 Å². The number of carbonyl (C=O) groups excluding carboxylic acids is 1. The number of sulfonamides is 1. The first-order valence-corrected chi connectivity index (χ1v) is 7.92. The Hall–Kier alpha value is -1.03. The molecule has 0 aliphatic carbocycles. The molecule has 0 fully saturated rings. The van der Waals surface area contributed by atoms with E-state index in [4.69, 9.17) is 0 Å². The van der Waals surface area contributed by atoms with Crippen LogP contribution in [0.3, 0.4) is 0 Å². The molecule has 2 N–H and O–H groups in total. The van der Waals surface area contributed by atoms with Gasteiger partial charge in [-0.1, -0.05) is 11.3 Å². The first-order valence-electron chi connectivity index (χ1n) is 5.62. The molecule has 7 nitrogen and oxygen atoms in total. The number of nitrogens with zero attached hydrogens (tertiary/aromatic N) is 2. The van der Waals surface area contributed by atoms with Gasteiger partial charge in [-0.05, 0) is 21.0 Å². The molecule has 9 heteroatoms. The lowest BCUT2D eigenvalue weighted by atomic mass is 10.6. The molecule has 0 spiro atoms. The molecule has 1 aromatic rings. The maximum Gasteiger partial charge on any atom is 0.252 e. The van der Waals surface area contributed by atoms with Gasteiger partial charge in [0.2, 0.25) is 5.91 Å². The predicted molar refractivity (Wildman–Crippen MR) is 74.9 cm³/mol. The van der Waals surface area contributed by atoms with E-state index in [-0.39, 0.29) is 15.2 Å². The first kappa shape index (κ1) is 16.0. The van der Waals surface area contributed by atoms with E-state index in [1.54, 1.807) is 6.92 Å². The van der Waals surface area contributed by atoms with E-state index in [1.807, 2.05) is 19.0 Å². The first-order chi connectivity index (χ1) is 8.72. The van der Waals surface area contributed by atoms with Crippen LogP contribution in [0.1, 0.15) is 12.6 Å². The zero-order valence-electron chi connectivity index (χ0n) is 11.3. The van der Waals surface area contributed by atoms with Gasteiger partial charge in [-0.3, -0.25) is 4.79 Å². The summed E-state index contributed by atoms with van der Waals surface area (Å²) in [5, 5.41) is 2.77. The molecular formula is C10H18N4O3S2. The summed E-state index contributed by atoms with van der Waals surface area (Å²) in [4.78, 5) is 16.8. The van der Waals surface area contributed by atoms with Crippen LogP contribution in [0.25, 0.3) is 0 Å². The van der Waals surface area contributed by atoms with Gasteiger partial charge in [0.1, 0.15) is 0 Å². The number of amides is 1. The lowest BCUT2D eigenvalue weighted by Crippen LogP contribution is -2.31. The minimum Gasteiger partial charge on any atom is -0.308 e. The van der Waals surface area contributed by atoms with E-state index in [2.05, 4.69) is 15.0 Å². The standard InChI is InChI=1S/C10H18N4O3S2/c1-7-9(18-10(12-7)13-8(2)15)19(16,17)11-5-6-14(3)4/h11H,5-6H2,1-4H3,(H,12,13,15). The van der Waals surface area contributed by atoms with Gasteiger partial charge in [0, 0.05) is 20.0 Å². The van der Waals surface area contributed by atoms with E-state index in [9.17, 15) is 13.2 Å². The molecule has 0 aliphatic heterocycles. The van der Waals surface area contributed by atoms with Crippen LogP contribution in [-0.2, 0) is 14.8 Å². The molecule has 0 atom stereocenters. The minimum atomic E-state index is -3.57. The molecule has 19 heavy (non-hydrogen) atoms. The smallest absolute Gasteiger partial charge is 0.252 e. The SMILES string of the molecule is CC(=O)Nc1nc(C)c(S(=O)(=O)NCCN(C)C)s1. The number of rotatable bonds is 6. The second kappa shape index (κ2) is 6.42. The Morgan fingerprint density at radius 3 is 2.58 bits per heavy atom. The summed E-state index contributed by atoms with van der Waals surface area (Å²) in [6.07, 6.45) is 0. The van der Waals surface area contributed by atoms with Crippen molar-refractivity contribution in [3.8, 4) is 0 Å². The Bertz CT molecular complexity index is 551. The van der Waals surface area contributed by atoms with Crippen LogP contribution >= 0.6 is 11.3 Å². The summed E-state index contributed by atoms with van der Waals surface area (Å²) in [6, 6.07) is 0. The van der Waals surface area contributed by atoms with Crippen LogP contribution < -0.4 is 10.0 Å². The Balaban J connectivity index is 2.83. The Kier molecular flexibility index (Phi) is 5.41. The van der Waals surface area contributed by atoms with Gasteiger partial charge in [-0.15, -0.1) is 0 Å². The van der Waals surface area contributed by atoms with Crippen molar-refractivity contribution in [2.75, 3.05) is 32.5 Å². The van der Waals surface area contributed by atoms with Gasteiger partial charge in [0.05, 0.1) is 5.69 Å². The van der Waals surface area contributed by atoms with E-state index < -0.39 is 10.0 Å². The lowest BCUT2D eigenvalue weighted by Gasteiger charge is -2.10. The summed E-state index contributed by atoms with van der Waals surface area (Å²) >= 11 is 0.946. The molecule has 0 saturated heterocycles. The quantitative estimate of drug-likeness (QED) is 0.786. The zero-order valence-corrected chi connectivity index (χ0v) is 13.0. The minimum absolute atomic E-state index is 0.134. The molecule has 0 unspecified atom stereocenters. The highest BCUT2D eigenvalue weighted by Gasteiger charge is 2.21. The monoisotopic (exact) mass is 306 g/mol. The average molecular weight is 306 g/mol. The highest BCUT2D eigenvalue weighted by atomic mass is 32.2. The normalized spacial score (nSPS) is 11.8. The lowest BCUT2D eigenvalue weighted by molar-refractivity contribution is -0.114. The Morgan fingerprint density at radius 1 is 1.42 bits per heavy atom. The van der Waals surface area contributed by atoms with Gasteiger partial charge >= 0.3 is 0 Å². The Morgan fingerprint density at radius 2 is 2.05 bits per heavy atom. The molecular weight excluding hydrogens is 288 g/mol. The van der Waals surface area contributed by atoms with Crippen molar-refractivity contribution < 1.29 is 13.2 Å². The maximum atomic E-state index is 12.1. The topological polar surface area (TPSA) is 91.4 Å². The van der Waals surface area contributed by atoms with Crippen LogP contribution in [0.2, 0.25) is 0 Å². The molecule has 0 bridgehead atoms. The molecule has 0 aromatic carbocycles. The third-order valence-corrected chi connectivity index (χ3v) is 5.28. The second-order valence-corrected chi connectivity index (χ2v) is 7.24. The number of carbonyl (C=O) groups is 1. The number of hydrogen-bond acceptors (Lipinski definition) is 6. The molecule has 0 radical (unpaired) electrons. The van der Waals surface area contributed by atoms with Crippen molar-refractivity contribution in [3.05, 3.63) is 5.69 Å². The summed E-state index contributed by atoms with van der Waals surface area (Å²) in [6.45, 7) is 3.88. The number of nitrogens with one attached hydrogen (secondary N) is 2. The van der Waals surface area contributed by atoms with Gasteiger partial charge < -0.3 is 10.2 Å². The highest BCUT2D eigenvalue weighted by molar-refractivity contribution is 7.91. The van der Waals surface area contributed by atoms with Crippen molar-refractivity contribution in [1.29, 1.82) is 0 Å².